The lowest BCUT2D eigenvalue weighted by Crippen LogP contribution is -2.46. The Hall–Kier alpha value is -1.26. The van der Waals surface area contributed by atoms with Crippen molar-refractivity contribution in [2.24, 2.45) is 5.92 Å². The highest BCUT2D eigenvalue weighted by Crippen LogP contribution is 2.45. The van der Waals surface area contributed by atoms with Gasteiger partial charge in [0.15, 0.2) is 11.6 Å². The summed E-state index contributed by atoms with van der Waals surface area (Å²) in [5.41, 5.74) is 0. The van der Waals surface area contributed by atoms with E-state index < -0.39 is 40.9 Å². The molecule has 1 saturated carbocycles. The fraction of sp³-hybridized carbons (Fsp3) is 0.667. The summed E-state index contributed by atoms with van der Waals surface area (Å²) >= 11 is 5.65. The van der Waals surface area contributed by atoms with Crippen molar-refractivity contribution in [1.29, 1.82) is 0 Å². The quantitative estimate of drug-likeness (QED) is 0.578. The lowest BCUT2D eigenvalue weighted by Gasteiger charge is -2.39. The predicted octanol–water partition coefficient (Wildman–Crippen LogP) is 1.94. The van der Waals surface area contributed by atoms with Crippen LogP contribution in [-0.4, -0.2) is 50.3 Å². The van der Waals surface area contributed by atoms with E-state index in [-0.39, 0.29) is 17.6 Å². The van der Waals surface area contributed by atoms with E-state index in [9.17, 15) is 17.2 Å². The van der Waals surface area contributed by atoms with Crippen molar-refractivity contribution in [2.45, 2.75) is 24.9 Å². The van der Waals surface area contributed by atoms with Crippen LogP contribution in [0.15, 0.2) is 6.20 Å². The number of halogens is 3. The first-order chi connectivity index (χ1) is 10.6. The summed E-state index contributed by atoms with van der Waals surface area (Å²) in [7, 11) is -2.22. The average molecular weight is 372 g/mol. The standard InChI is InChI=1S/C12H16ClF2N3O4S/c1-16-10-8(5-17-11(13)18-10)21-6-9(22-23(2,19)20)7-3-12(14,15)4-7/h5,7,9H,3-4,6H2,1-2H3,(H,16,17,18). The van der Waals surface area contributed by atoms with E-state index in [1.807, 2.05) is 0 Å². The lowest BCUT2D eigenvalue weighted by molar-refractivity contribution is -0.140. The molecule has 1 heterocycles. The first kappa shape index (κ1) is 18.1. The molecule has 130 valence electrons. The maximum Gasteiger partial charge on any atom is 0.264 e. The molecule has 1 fully saturated rings. The maximum absolute atomic E-state index is 13.0. The summed E-state index contributed by atoms with van der Waals surface area (Å²) in [4.78, 5) is 7.64. The smallest absolute Gasteiger partial charge is 0.264 e. The van der Waals surface area contributed by atoms with E-state index in [1.165, 1.54) is 6.20 Å². The molecule has 0 radical (unpaired) electrons. The summed E-state index contributed by atoms with van der Waals surface area (Å²) in [6.45, 7) is -0.229. The molecular weight excluding hydrogens is 356 g/mol. The number of anilines is 1. The highest BCUT2D eigenvalue weighted by molar-refractivity contribution is 7.86. The summed E-state index contributed by atoms with van der Waals surface area (Å²) in [5.74, 6) is -2.89. The van der Waals surface area contributed by atoms with E-state index in [0.717, 1.165) is 6.26 Å². The third kappa shape index (κ3) is 5.11. The van der Waals surface area contributed by atoms with Crippen molar-refractivity contribution in [3.8, 4) is 5.75 Å². The Bertz CT molecular complexity index is 666. The molecule has 0 bridgehead atoms. The normalized spacial score (nSPS) is 19.0. The van der Waals surface area contributed by atoms with Gasteiger partial charge in [-0.25, -0.2) is 13.8 Å². The van der Waals surface area contributed by atoms with Gasteiger partial charge in [-0.05, 0) is 11.6 Å². The predicted molar refractivity (Wildman–Crippen MR) is 79.5 cm³/mol. The summed E-state index contributed by atoms with van der Waals surface area (Å²) in [6, 6.07) is 0. The molecule has 2 rings (SSSR count). The number of hydrogen-bond donors (Lipinski definition) is 1. The third-order valence-electron chi connectivity index (χ3n) is 3.31. The molecule has 0 spiro atoms. The van der Waals surface area contributed by atoms with Crippen molar-refractivity contribution >= 4 is 27.5 Å². The minimum absolute atomic E-state index is 0.00395. The Morgan fingerprint density at radius 3 is 2.70 bits per heavy atom. The van der Waals surface area contributed by atoms with Crippen LogP contribution in [0, 0.1) is 5.92 Å². The average Bonchev–Trinajstić information content (AvgIpc) is 2.40. The van der Waals surface area contributed by atoms with Gasteiger partial charge < -0.3 is 10.1 Å². The highest BCUT2D eigenvalue weighted by atomic mass is 35.5. The topological polar surface area (TPSA) is 90.4 Å². The van der Waals surface area contributed by atoms with E-state index in [1.54, 1.807) is 7.05 Å². The molecular formula is C12H16ClF2N3O4S. The molecule has 7 nitrogen and oxygen atoms in total. The van der Waals surface area contributed by atoms with Crippen LogP contribution >= 0.6 is 11.6 Å². The molecule has 1 atom stereocenters. The van der Waals surface area contributed by atoms with Crippen LogP contribution in [0.2, 0.25) is 5.28 Å². The second kappa shape index (κ2) is 6.70. The zero-order chi connectivity index (χ0) is 17.3. The number of nitrogens with one attached hydrogen (secondary N) is 1. The monoisotopic (exact) mass is 371 g/mol. The second-order valence-electron chi connectivity index (χ2n) is 5.28. The summed E-state index contributed by atoms with van der Waals surface area (Å²) in [6.07, 6.45) is 0.277. The Balaban J connectivity index is 2.06. The molecule has 1 aliphatic carbocycles. The molecule has 1 N–H and O–H groups in total. The Labute approximate surface area is 137 Å². The van der Waals surface area contributed by atoms with Crippen LogP contribution < -0.4 is 10.1 Å². The molecule has 1 unspecified atom stereocenters. The first-order valence-electron chi connectivity index (χ1n) is 6.69. The summed E-state index contributed by atoms with van der Waals surface area (Å²) in [5, 5.41) is 2.74. The van der Waals surface area contributed by atoms with Gasteiger partial charge in [-0.2, -0.15) is 13.4 Å². The summed E-state index contributed by atoms with van der Waals surface area (Å²) < 4.78 is 59.0. The fourth-order valence-electron chi connectivity index (χ4n) is 2.24. The van der Waals surface area contributed by atoms with E-state index in [4.69, 9.17) is 20.5 Å². The molecule has 0 aliphatic heterocycles. The van der Waals surface area contributed by atoms with Crippen molar-refractivity contribution in [1.82, 2.24) is 9.97 Å². The van der Waals surface area contributed by atoms with Crippen molar-refractivity contribution < 1.29 is 26.1 Å². The number of rotatable bonds is 7. The third-order valence-corrected chi connectivity index (χ3v) is 4.09. The minimum Gasteiger partial charge on any atom is -0.485 e. The van der Waals surface area contributed by atoms with E-state index in [2.05, 4.69) is 15.3 Å². The van der Waals surface area contributed by atoms with E-state index in [0.29, 0.717) is 5.82 Å². The number of alkyl halides is 2. The van der Waals surface area contributed by atoms with Crippen LogP contribution in [0.25, 0.3) is 0 Å². The number of hydrogen-bond acceptors (Lipinski definition) is 7. The van der Waals surface area contributed by atoms with Crippen molar-refractivity contribution in [3.05, 3.63) is 11.5 Å². The van der Waals surface area contributed by atoms with Crippen LogP contribution in [0.1, 0.15) is 12.8 Å². The molecule has 1 aliphatic rings. The largest absolute Gasteiger partial charge is 0.485 e. The zero-order valence-electron chi connectivity index (χ0n) is 12.4. The van der Waals surface area contributed by atoms with Crippen LogP contribution in [0.3, 0.4) is 0 Å². The van der Waals surface area contributed by atoms with Gasteiger partial charge in [0.05, 0.1) is 12.5 Å². The Morgan fingerprint density at radius 2 is 2.17 bits per heavy atom. The van der Waals surface area contributed by atoms with Gasteiger partial charge in [-0.3, -0.25) is 4.18 Å². The molecule has 23 heavy (non-hydrogen) atoms. The van der Waals surface area contributed by atoms with Gasteiger partial charge >= 0.3 is 0 Å². The van der Waals surface area contributed by atoms with Gasteiger partial charge in [-0.15, -0.1) is 0 Å². The van der Waals surface area contributed by atoms with Gasteiger partial charge in [-0.1, -0.05) is 0 Å². The Morgan fingerprint density at radius 1 is 1.52 bits per heavy atom. The first-order valence-corrected chi connectivity index (χ1v) is 8.88. The molecule has 1 aromatic rings. The molecule has 0 aromatic carbocycles. The SMILES string of the molecule is CNc1nc(Cl)ncc1OCC(OS(C)(=O)=O)C1CC(F)(F)C1. The molecule has 11 heteroatoms. The van der Waals surface area contributed by atoms with E-state index >= 15 is 0 Å². The fourth-order valence-corrected chi connectivity index (χ4v) is 3.04. The van der Waals surface area contributed by atoms with Crippen LogP contribution in [0.4, 0.5) is 14.6 Å². The maximum atomic E-state index is 13.0. The number of nitrogens with zero attached hydrogens (tertiary/aromatic N) is 2. The molecule has 1 aromatic heterocycles. The Kier molecular flexibility index (Phi) is 5.27. The van der Waals surface area contributed by atoms with Crippen LogP contribution in [-0.2, 0) is 14.3 Å². The lowest BCUT2D eigenvalue weighted by atomic mass is 9.78. The van der Waals surface area contributed by atoms with Gasteiger partial charge in [0.2, 0.25) is 11.2 Å². The number of ether oxygens (including phenoxy) is 1. The van der Waals surface area contributed by atoms with Crippen molar-refractivity contribution in [2.75, 3.05) is 25.2 Å². The molecule has 0 amide bonds. The highest BCUT2D eigenvalue weighted by Gasteiger charge is 2.50. The number of aromatic nitrogens is 2. The minimum atomic E-state index is -3.80. The molecule has 0 saturated heterocycles. The van der Waals surface area contributed by atoms with Crippen molar-refractivity contribution in [3.63, 3.8) is 0 Å². The van der Waals surface area contributed by atoms with Crippen LogP contribution in [0.5, 0.6) is 5.75 Å². The van der Waals surface area contributed by atoms with Gasteiger partial charge in [0.25, 0.3) is 10.1 Å². The second-order valence-corrected chi connectivity index (χ2v) is 7.21. The van der Waals surface area contributed by atoms with Gasteiger partial charge in [0, 0.05) is 25.8 Å². The zero-order valence-corrected chi connectivity index (χ0v) is 14.0. The van der Waals surface area contributed by atoms with Gasteiger partial charge in [0.1, 0.15) is 12.7 Å².